The van der Waals surface area contributed by atoms with E-state index in [2.05, 4.69) is 19.7 Å². The van der Waals surface area contributed by atoms with Crippen LogP contribution >= 0.6 is 0 Å². The fourth-order valence-corrected chi connectivity index (χ4v) is 2.42. The maximum absolute atomic E-state index is 12.2. The molecule has 8 heteroatoms. The standard InChI is InChI=1S/C13H15N5O3/c1-21-12(20)7-6-8-10(15-9(7)14)16-13(17-11(8)19)18-4-2-3-5-18/h6H,2-5H2,1H3,(H3,14,15,16,17,19). The SMILES string of the molecule is COC(=O)c1cc2c(=O)[nH]c(N3CCCC3)nc2nc1N. The average molecular weight is 289 g/mol. The van der Waals surface area contributed by atoms with E-state index in [4.69, 9.17) is 5.73 Å². The largest absolute Gasteiger partial charge is 0.465 e. The van der Waals surface area contributed by atoms with Gasteiger partial charge in [0.1, 0.15) is 11.4 Å². The number of nitrogen functional groups attached to an aromatic ring is 1. The highest BCUT2D eigenvalue weighted by atomic mass is 16.5. The Kier molecular flexibility index (Phi) is 3.20. The highest BCUT2D eigenvalue weighted by Crippen LogP contribution is 2.19. The number of hydrogen-bond acceptors (Lipinski definition) is 7. The number of aromatic nitrogens is 3. The Hall–Kier alpha value is -2.64. The molecule has 0 amide bonds. The van der Waals surface area contributed by atoms with E-state index in [-0.39, 0.29) is 28.0 Å². The molecule has 1 aliphatic heterocycles. The highest BCUT2D eigenvalue weighted by molar-refractivity contribution is 5.97. The molecule has 1 fully saturated rings. The molecular formula is C13H15N5O3. The summed E-state index contributed by atoms with van der Waals surface area (Å²) in [6.07, 6.45) is 2.14. The minimum atomic E-state index is -0.634. The van der Waals surface area contributed by atoms with Gasteiger partial charge in [0.25, 0.3) is 5.56 Å². The number of hydrogen-bond donors (Lipinski definition) is 2. The quantitative estimate of drug-likeness (QED) is 0.763. The molecule has 0 spiro atoms. The van der Waals surface area contributed by atoms with E-state index < -0.39 is 5.97 Å². The van der Waals surface area contributed by atoms with Crippen LogP contribution in [0.15, 0.2) is 10.9 Å². The van der Waals surface area contributed by atoms with Crippen LogP contribution in [0.4, 0.5) is 11.8 Å². The van der Waals surface area contributed by atoms with Crippen LogP contribution in [0.3, 0.4) is 0 Å². The lowest BCUT2D eigenvalue weighted by atomic mass is 10.2. The number of anilines is 2. The first-order valence-corrected chi connectivity index (χ1v) is 6.64. The number of pyridine rings is 1. The van der Waals surface area contributed by atoms with E-state index in [1.165, 1.54) is 13.2 Å². The maximum Gasteiger partial charge on any atom is 0.341 e. The molecule has 0 saturated carbocycles. The van der Waals surface area contributed by atoms with E-state index in [1.807, 2.05) is 4.90 Å². The Labute approximate surface area is 119 Å². The van der Waals surface area contributed by atoms with Crippen molar-refractivity contribution in [1.82, 2.24) is 15.0 Å². The van der Waals surface area contributed by atoms with Crippen molar-refractivity contribution < 1.29 is 9.53 Å². The average Bonchev–Trinajstić information content (AvgIpc) is 3.00. The molecule has 1 saturated heterocycles. The zero-order valence-corrected chi connectivity index (χ0v) is 11.5. The van der Waals surface area contributed by atoms with Crippen LogP contribution in [0, 0.1) is 0 Å². The summed E-state index contributed by atoms with van der Waals surface area (Å²) < 4.78 is 4.61. The van der Waals surface area contributed by atoms with Gasteiger partial charge in [-0.05, 0) is 18.9 Å². The zero-order valence-electron chi connectivity index (χ0n) is 11.5. The number of esters is 1. The van der Waals surface area contributed by atoms with E-state index in [0.29, 0.717) is 5.95 Å². The van der Waals surface area contributed by atoms with Crippen molar-refractivity contribution in [3.8, 4) is 0 Å². The Morgan fingerprint density at radius 3 is 2.76 bits per heavy atom. The number of nitrogens with zero attached hydrogens (tertiary/aromatic N) is 3. The number of rotatable bonds is 2. The third-order valence-corrected chi connectivity index (χ3v) is 3.52. The molecule has 0 bridgehead atoms. The normalized spacial score (nSPS) is 14.6. The van der Waals surface area contributed by atoms with Crippen LogP contribution in [-0.2, 0) is 4.74 Å². The molecule has 3 rings (SSSR count). The first kappa shape index (κ1) is 13.3. The predicted octanol–water partition coefficient (Wildman–Crippen LogP) is 0.287. The van der Waals surface area contributed by atoms with Crippen molar-refractivity contribution in [2.24, 2.45) is 0 Å². The molecule has 0 aromatic carbocycles. The zero-order chi connectivity index (χ0) is 15.0. The monoisotopic (exact) mass is 289 g/mol. The molecular weight excluding hydrogens is 274 g/mol. The number of H-pyrrole nitrogens is 1. The second-order valence-electron chi connectivity index (χ2n) is 4.87. The predicted molar refractivity (Wildman–Crippen MR) is 77.4 cm³/mol. The van der Waals surface area contributed by atoms with E-state index in [9.17, 15) is 9.59 Å². The molecule has 21 heavy (non-hydrogen) atoms. The van der Waals surface area contributed by atoms with Gasteiger partial charge in [-0.3, -0.25) is 9.78 Å². The second kappa shape index (κ2) is 5.04. The molecule has 0 aliphatic carbocycles. The van der Waals surface area contributed by atoms with Crippen molar-refractivity contribution >= 4 is 28.8 Å². The number of aromatic amines is 1. The Balaban J connectivity index is 2.16. The fourth-order valence-electron chi connectivity index (χ4n) is 2.42. The lowest BCUT2D eigenvalue weighted by molar-refractivity contribution is 0.0602. The topological polar surface area (TPSA) is 114 Å². The summed E-state index contributed by atoms with van der Waals surface area (Å²) in [5, 5.41) is 0.215. The van der Waals surface area contributed by atoms with Crippen molar-refractivity contribution in [3.05, 3.63) is 22.0 Å². The fraction of sp³-hybridized carbons (Fsp3) is 0.385. The van der Waals surface area contributed by atoms with Gasteiger partial charge in [-0.25, -0.2) is 9.78 Å². The summed E-state index contributed by atoms with van der Waals surface area (Å²) in [7, 11) is 1.24. The first-order valence-electron chi connectivity index (χ1n) is 6.64. The van der Waals surface area contributed by atoms with Crippen LogP contribution < -0.4 is 16.2 Å². The Bertz CT molecular complexity index is 764. The molecule has 0 unspecified atom stereocenters. The number of carbonyl (C=O) groups excluding carboxylic acids is 1. The van der Waals surface area contributed by atoms with Crippen molar-refractivity contribution in [3.63, 3.8) is 0 Å². The summed E-state index contributed by atoms with van der Waals surface area (Å²) in [4.78, 5) is 36.9. The first-order chi connectivity index (χ1) is 10.1. The van der Waals surface area contributed by atoms with Crippen LogP contribution in [0.5, 0.6) is 0 Å². The van der Waals surface area contributed by atoms with Gasteiger partial charge in [-0.1, -0.05) is 0 Å². The van der Waals surface area contributed by atoms with Gasteiger partial charge >= 0.3 is 5.97 Å². The van der Waals surface area contributed by atoms with E-state index >= 15 is 0 Å². The third-order valence-electron chi connectivity index (χ3n) is 3.52. The summed E-state index contributed by atoms with van der Waals surface area (Å²) in [5.74, 6) is -0.146. The van der Waals surface area contributed by atoms with Crippen LogP contribution in [0.2, 0.25) is 0 Å². The van der Waals surface area contributed by atoms with Crippen LogP contribution in [0.1, 0.15) is 23.2 Å². The second-order valence-corrected chi connectivity index (χ2v) is 4.87. The van der Waals surface area contributed by atoms with Gasteiger partial charge in [-0.15, -0.1) is 0 Å². The number of carbonyl (C=O) groups is 1. The Morgan fingerprint density at radius 2 is 2.10 bits per heavy atom. The summed E-state index contributed by atoms with van der Waals surface area (Å²) in [5.41, 5.74) is 5.68. The van der Waals surface area contributed by atoms with Crippen molar-refractivity contribution in [2.45, 2.75) is 12.8 Å². The molecule has 8 nitrogen and oxygen atoms in total. The van der Waals surface area contributed by atoms with Crippen molar-refractivity contribution in [2.75, 3.05) is 30.8 Å². The molecule has 3 N–H and O–H groups in total. The molecule has 2 aromatic heterocycles. The maximum atomic E-state index is 12.2. The summed E-state index contributed by atoms with van der Waals surface area (Å²) in [6.45, 7) is 1.70. The van der Waals surface area contributed by atoms with Gasteiger partial charge in [-0.2, -0.15) is 4.98 Å². The minimum absolute atomic E-state index is 0.000165. The van der Waals surface area contributed by atoms with Gasteiger partial charge in [0, 0.05) is 13.1 Å². The van der Waals surface area contributed by atoms with Gasteiger partial charge in [0.15, 0.2) is 5.65 Å². The van der Waals surface area contributed by atoms with Gasteiger partial charge < -0.3 is 15.4 Å². The molecule has 2 aromatic rings. The Morgan fingerprint density at radius 1 is 1.38 bits per heavy atom. The minimum Gasteiger partial charge on any atom is -0.465 e. The number of ether oxygens (including phenoxy) is 1. The van der Waals surface area contributed by atoms with Crippen LogP contribution in [0.25, 0.3) is 11.0 Å². The van der Waals surface area contributed by atoms with E-state index in [0.717, 1.165) is 25.9 Å². The number of fused-ring (bicyclic) bond motifs is 1. The number of nitrogens with one attached hydrogen (secondary N) is 1. The summed E-state index contributed by atoms with van der Waals surface area (Å²) in [6, 6.07) is 1.36. The lowest BCUT2D eigenvalue weighted by Crippen LogP contribution is -2.24. The van der Waals surface area contributed by atoms with Gasteiger partial charge in [0.2, 0.25) is 5.95 Å². The summed E-state index contributed by atoms with van der Waals surface area (Å²) >= 11 is 0. The highest BCUT2D eigenvalue weighted by Gasteiger charge is 2.19. The molecule has 110 valence electrons. The molecule has 3 heterocycles. The van der Waals surface area contributed by atoms with E-state index in [1.54, 1.807) is 0 Å². The lowest BCUT2D eigenvalue weighted by Gasteiger charge is -2.15. The molecule has 0 radical (unpaired) electrons. The number of methoxy groups -OCH3 is 1. The smallest absolute Gasteiger partial charge is 0.341 e. The molecule has 0 atom stereocenters. The van der Waals surface area contributed by atoms with Gasteiger partial charge in [0.05, 0.1) is 12.5 Å². The van der Waals surface area contributed by atoms with Crippen molar-refractivity contribution in [1.29, 1.82) is 0 Å². The third kappa shape index (κ3) is 2.28. The molecule has 1 aliphatic rings. The van der Waals surface area contributed by atoms with Crippen LogP contribution in [-0.4, -0.2) is 41.1 Å². The number of nitrogens with two attached hydrogens (primary N) is 1.